The second kappa shape index (κ2) is 9.11. The van der Waals surface area contributed by atoms with Gasteiger partial charge in [0.15, 0.2) is 11.6 Å². The third kappa shape index (κ3) is 4.47. The summed E-state index contributed by atoms with van der Waals surface area (Å²) in [5, 5.41) is 18.6. The van der Waals surface area contributed by atoms with Crippen LogP contribution in [-0.4, -0.2) is 32.9 Å². The van der Waals surface area contributed by atoms with Gasteiger partial charge in [-0.15, -0.1) is 0 Å². The van der Waals surface area contributed by atoms with Gasteiger partial charge in [-0.2, -0.15) is 5.26 Å². The minimum Gasteiger partial charge on any atom is -0.371 e. The number of hydrogen-bond acceptors (Lipinski definition) is 8. The van der Waals surface area contributed by atoms with Crippen molar-refractivity contribution in [3.05, 3.63) is 71.8 Å². The fourth-order valence-corrected chi connectivity index (χ4v) is 3.43. The van der Waals surface area contributed by atoms with Crippen molar-refractivity contribution >= 4 is 40.0 Å². The molecule has 0 fully saturated rings. The Balaban J connectivity index is 1.61. The van der Waals surface area contributed by atoms with E-state index in [4.69, 9.17) is 0 Å². The highest BCUT2D eigenvalue weighted by atomic mass is 16.1. The van der Waals surface area contributed by atoms with Crippen LogP contribution < -0.4 is 16.0 Å². The maximum absolute atomic E-state index is 12.9. The lowest BCUT2D eigenvalue weighted by molar-refractivity contribution is 0.102. The van der Waals surface area contributed by atoms with Crippen molar-refractivity contribution in [3.8, 4) is 6.07 Å². The first kappa shape index (κ1) is 22.6. The average molecular weight is 453 g/mol. The van der Waals surface area contributed by atoms with Crippen molar-refractivity contribution in [2.24, 2.45) is 0 Å². The number of benzene rings is 2. The molecule has 1 amide bonds. The van der Waals surface area contributed by atoms with Gasteiger partial charge in [0.25, 0.3) is 5.91 Å². The molecular formula is C25H24N8O. The molecule has 0 radical (unpaired) electrons. The van der Waals surface area contributed by atoms with Crippen LogP contribution in [0.2, 0.25) is 0 Å². The van der Waals surface area contributed by atoms with Gasteiger partial charge in [0.1, 0.15) is 23.7 Å². The fourth-order valence-electron chi connectivity index (χ4n) is 3.43. The third-order valence-electron chi connectivity index (χ3n) is 5.53. The second-order valence-electron chi connectivity index (χ2n) is 8.32. The molecule has 0 aliphatic carbocycles. The number of nitrogens with one attached hydrogen (secondary N) is 3. The zero-order valence-electron chi connectivity index (χ0n) is 19.3. The Morgan fingerprint density at radius 2 is 1.68 bits per heavy atom. The van der Waals surface area contributed by atoms with E-state index in [2.05, 4.69) is 42.0 Å². The topological polar surface area (TPSA) is 129 Å². The van der Waals surface area contributed by atoms with Crippen LogP contribution in [0.15, 0.2) is 55.1 Å². The molecule has 34 heavy (non-hydrogen) atoms. The molecule has 2 aromatic carbocycles. The van der Waals surface area contributed by atoms with E-state index in [0.717, 1.165) is 16.8 Å². The van der Waals surface area contributed by atoms with Crippen LogP contribution in [0.5, 0.6) is 0 Å². The summed E-state index contributed by atoms with van der Waals surface area (Å²) in [4.78, 5) is 30.1. The molecule has 0 spiro atoms. The van der Waals surface area contributed by atoms with E-state index in [0.29, 0.717) is 33.9 Å². The second-order valence-corrected chi connectivity index (χ2v) is 8.32. The van der Waals surface area contributed by atoms with Gasteiger partial charge in [0, 0.05) is 24.0 Å². The van der Waals surface area contributed by atoms with Gasteiger partial charge in [-0.3, -0.25) is 4.79 Å². The molecule has 0 bridgehead atoms. The number of nitrogens with zero attached hydrogens (tertiary/aromatic N) is 5. The normalized spacial score (nSPS) is 11.0. The van der Waals surface area contributed by atoms with Gasteiger partial charge < -0.3 is 16.0 Å². The molecule has 170 valence electrons. The minimum atomic E-state index is -0.686. The molecule has 9 heteroatoms. The van der Waals surface area contributed by atoms with Crippen molar-refractivity contribution in [2.45, 2.75) is 26.2 Å². The molecule has 2 heterocycles. The summed E-state index contributed by atoms with van der Waals surface area (Å²) < 4.78 is 0. The first-order chi connectivity index (χ1) is 16.3. The molecule has 0 aliphatic heterocycles. The van der Waals surface area contributed by atoms with Crippen LogP contribution in [0.25, 0.3) is 11.0 Å². The van der Waals surface area contributed by atoms with Crippen LogP contribution in [0.3, 0.4) is 0 Å². The summed E-state index contributed by atoms with van der Waals surface area (Å²) in [7, 11) is 1.77. The zero-order chi connectivity index (χ0) is 24.3. The third-order valence-corrected chi connectivity index (χ3v) is 5.53. The smallest absolute Gasteiger partial charge is 0.255 e. The average Bonchev–Trinajstić information content (AvgIpc) is 2.86. The number of anilines is 4. The highest BCUT2D eigenvalue weighted by Gasteiger charge is 2.21. The van der Waals surface area contributed by atoms with Gasteiger partial charge in [0.05, 0.1) is 11.5 Å². The summed E-state index contributed by atoms with van der Waals surface area (Å²) in [6, 6.07) is 15.0. The molecule has 4 aromatic rings. The van der Waals surface area contributed by atoms with Crippen LogP contribution in [0.4, 0.5) is 23.0 Å². The van der Waals surface area contributed by atoms with Crippen molar-refractivity contribution in [3.63, 3.8) is 0 Å². The number of carbonyl (C=O) groups excluding carboxylic acids is 1. The summed E-state index contributed by atoms with van der Waals surface area (Å²) >= 11 is 0. The minimum absolute atomic E-state index is 0.260. The highest BCUT2D eigenvalue weighted by molar-refractivity contribution is 6.04. The Morgan fingerprint density at radius 3 is 2.38 bits per heavy atom. The summed E-state index contributed by atoms with van der Waals surface area (Å²) in [5.74, 6) is 0.876. The molecular weight excluding hydrogens is 428 g/mol. The number of fused-ring (bicyclic) bond motifs is 1. The SMILES string of the molecule is CNc1ncnc2c(Nc3cc(NC(=O)c4cccc(C(C)(C)C#N)c4)ccc3C)ncnc12. The zero-order valence-corrected chi connectivity index (χ0v) is 19.3. The molecule has 4 rings (SSSR count). The molecule has 0 aliphatic rings. The Hall–Kier alpha value is -4.58. The predicted octanol–water partition coefficient (Wildman–Crippen LogP) is 4.57. The van der Waals surface area contributed by atoms with Gasteiger partial charge >= 0.3 is 0 Å². The first-order valence-corrected chi connectivity index (χ1v) is 10.7. The van der Waals surface area contributed by atoms with E-state index in [-0.39, 0.29) is 5.91 Å². The Bertz CT molecular complexity index is 1420. The maximum Gasteiger partial charge on any atom is 0.255 e. The van der Waals surface area contributed by atoms with Crippen LogP contribution in [0.1, 0.15) is 35.3 Å². The quantitative estimate of drug-likeness (QED) is 0.388. The van der Waals surface area contributed by atoms with E-state index < -0.39 is 5.41 Å². The number of amides is 1. The standard InChI is InChI=1S/C25H24N8O/c1-15-8-9-18(32-24(34)16-6-5-7-17(10-16)25(2,3)12-26)11-19(15)33-23-21-20(28-14-31-23)22(27-4)30-13-29-21/h5-11,13-14H,1-4H3,(H,32,34)(H,27,29,30)(H,28,31,33). The van der Waals surface area contributed by atoms with Crippen LogP contribution in [0, 0.1) is 18.3 Å². The number of hydrogen-bond donors (Lipinski definition) is 3. The van der Waals surface area contributed by atoms with E-state index in [1.54, 1.807) is 25.2 Å². The molecule has 3 N–H and O–H groups in total. The van der Waals surface area contributed by atoms with E-state index >= 15 is 0 Å². The summed E-state index contributed by atoms with van der Waals surface area (Å²) in [5.41, 5.74) is 4.10. The first-order valence-electron chi connectivity index (χ1n) is 10.7. The van der Waals surface area contributed by atoms with Gasteiger partial charge in [-0.1, -0.05) is 18.2 Å². The number of carbonyl (C=O) groups is 1. The van der Waals surface area contributed by atoms with Crippen molar-refractivity contribution < 1.29 is 4.79 Å². The monoisotopic (exact) mass is 452 g/mol. The summed E-state index contributed by atoms with van der Waals surface area (Å²) in [6.45, 7) is 5.60. The van der Waals surface area contributed by atoms with Gasteiger partial charge in [-0.05, 0) is 56.2 Å². The molecule has 0 unspecified atom stereocenters. The fraction of sp³-hybridized carbons (Fsp3) is 0.200. The lowest BCUT2D eigenvalue weighted by atomic mass is 9.85. The van der Waals surface area contributed by atoms with Crippen LogP contribution >= 0.6 is 0 Å². The number of nitriles is 1. The van der Waals surface area contributed by atoms with Crippen LogP contribution in [-0.2, 0) is 5.41 Å². The molecule has 2 aromatic heterocycles. The maximum atomic E-state index is 12.9. The molecule has 0 saturated carbocycles. The van der Waals surface area contributed by atoms with E-state index in [1.165, 1.54) is 12.7 Å². The largest absolute Gasteiger partial charge is 0.371 e. The predicted molar refractivity (Wildman–Crippen MR) is 132 cm³/mol. The highest BCUT2D eigenvalue weighted by Crippen LogP contribution is 2.28. The Morgan fingerprint density at radius 1 is 0.971 bits per heavy atom. The molecule has 0 atom stereocenters. The van der Waals surface area contributed by atoms with E-state index in [1.807, 2.05) is 45.0 Å². The lowest BCUT2D eigenvalue weighted by Crippen LogP contribution is -2.17. The molecule has 0 saturated heterocycles. The lowest BCUT2D eigenvalue weighted by Gasteiger charge is -2.17. The number of aromatic nitrogens is 4. The number of rotatable bonds is 6. The van der Waals surface area contributed by atoms with Crippen molar-refractivity contribution in [1.29, 1.82) is 5.26 Å². The van der Waals surface area contributed by atoms with Gasteiger partial charge in [-0.25, -0.2) is 19.9 Å². The summed E-state index contributed by atoms with van der Waals surface area (Å²) in [6.07, 6.45) is 2.90. The Labute approximate surface area is 197 Å². The Kier molecular flexibility index (Phi) is 6.06. The molecule has 9 nitrogen and oxygen atoms in total. The van der Waals surface area contributed by atoms with Crippen molar-refractivity contribution in [2.75, 3.05) is 23.0 Å². The van der Waals surface area contributed by atoms with Gasteiger partial charge in [0.2, 0.25) is 0 Å². The van der Waals surface area contributed by atoms with E-state index in [9.17, 15) is 10.1 Å². The number of aryl methyl sites for hydroxylation is 1. The van der Waals surface area contributed by atoms with Crippen molar-refractivity contribution in [1.82, 2.24) is 19.9 Å².